The molecule has 84 valence electrons. The molecule has 0 aliphatic heterocycles. The number of methoxy groups -OCH3 is 1. The Labute approximate surface area is 96.2 Å². The van der Waals surface area contributed by atoms with E-state index in [0.717, 1.165) is 11.8 Å². The second-order valence-corrected chi connectivity index (χ2v) is 6.36. The van der Waals surface area contributed by atoms with Crippen molar-refractivity contribution in [3.8, 4) is 0 Å². The third kappa shape index (κ3) is 1.22. The van der Waals surface area contributed by atoms with Gasteiger partial charge in [0.25, 0.3) is 0 Å². The van der Waals surface area contributed by atoms with E-state index in [1.165, 1.54) is 39.2 Å². The molecule has 0 amide bonds. The Morgan fingerprint density at radius 3 is 2.00 bits per heavy atom. The molecule has 0 N–H and O–H groups in total. The maximum absolute atomic E-state index is 11.9. The topological polar surface area (TPSA) is 26.3 Å². The van der Waals surface area contributed by atoms with E-state index in [-0.39, 0.29) is 5.97 Å². The van der Waals surface area contributed by atoms with Crippen LogP contribution >= 0.6 is 12.6 Å². The van der Waals surface area contributed by atoms with Gasteiger partial charge in [-0.2, -0.15) is 12.6 Å². The molecule has 4 rings (SSSR count). The lowest BCUT2D eigenvalue weighted by Crippen LogP contribution is -2.58. The molecule has 0 radical (unpaired) electrons. The Kier molecular flexibility index (Phi) is 2.11. The Hall–Kier alpha value is -0.180. The zero-order chi connectivity index (χ0) is 10.6. The van der Waals surface area contributed by atoms with Crippen molar-refractivity contribution in [3.05, 3.63) is 0 Å². The van der Waals surface area contributed by atoms with E-state index in [0.29, 0.717) is 11.8 Å². The standard InChI is InChI=1S/C12H18O2S/c1-14-11(13)12(15)9-3-7-2-8(5-9)6-10(12)4-7/h7-10,15H,2-6H2,1H3. The molecular weight excluding hydrogens is 208 g/mol. The van der Waals surface area contributed by atoms with Crippen LogP contribution in [0, 0.1) is 23.7 Å². The summed E-state index contributed by atoms with van der Waals surface area (Å²) in [6, 6.07) is 0. The second-order valence-electron chi connectivity index (χ2n) is 5.62. The lowest BCUT2D eigenvalue weighted by molar-refractivity contribution is -0.154. The first-order chi connectivity index (χ1) is 7.14. The summed E-state index contributed by atoms with van der Waals surface area (Å²) in [7, 11) is 1.49. The van der Waals surface area contributed by atoms with Crippen molar-refractivity contribution in [2.45, 2.75) is 36.9 Å². The van der Waals surface area contributed by atoms with Crippen LogP contribution in [0.5, 0.6) is 0 Å². The van der Waals surface area contributed by atoms with Crippen LogP contribution < -0.4 is 0 Å². The van der Waals surface area contributed by atoms with E-state index in [1.54, 1.807) is 0 Å². The Morgan fingerprint density at radius 1 is 1.13 bits per heavy atom. The van der Waals surface area contributed by atoms with Gasteiger partial charge in [0.05, 0.1) is 7.11 Å². The average molecular weight is 226 g/mol. The van der Waals surface area contributed by atoms with E-state index < -0.39 is 4.75 Å². The molecule has 0 spiro atoms. The van der Waals surface area contributed by atoms with Crippen molar-refractivity contribution >= 4 is 18.6 Å². The molecule has 0 aromatic carbocycles. The van der Waals surface area contributed by atoms with E-state index in [1.807, 2.05) is 0 Å². The van der Waals surface area contributed by atoms with Crippen LogP contribution in [0.1, 0.15) is 32.1 Å². The molecule has 0 saturated heterocycles. The van der Waals surface area contributed by atoms with Gasteiger partial charge in [0.1, 0.15) is 4.75 Å². The van der Waals surface area contributed by atoms with Crippen LogP contribution in [-0.4, -0.2) is 17.8 Å². The van der Waals surface area contributed by atoms with Crippen molar-refractivity contribution in [1.82, 2.24) is 0 Å². The van der Waals surface area contributed by atoms with Crippen molar-refractivity contribution in [2.75, 3.05) is 7.11 Å². The number of rotatable bonds is 1. The molecule has 0 atom stereocenters. The summed E-state index contributed by atoms with van der Waals surface area (Å²) in [5.74, 6) is 2.61. The Balaban J connectivity index is 1.94. The maximum atomic E-state index is 11.9. The monoisotopic (exact) mass is 226 g/mol. The summed E-state index contributed by atoms with van der Waals surface area (Å²) in [4.78, 5) is 11.9. The van der Waals surface area contributed by atoms with Crippen LogP contribution in [0.2, 0.25) is 0 Å². The normalized spacial score (nSPS) is 51.9. The highest BCUT2D eigenvalue weighted by Crippen LogP contribution is 2.60. The summed E-state index contributed by atoms with van der Waals surface area (Å²) in [5, 5.41) is 0. The van der Waals surface area contributed by atoms with Crippen LogP contribution in [0.4, 0.5) is 0 Å². The first-order valence-electron chi connectivity index (χ1n) is 5.95. The highest BCUT2D eigenvalue weighted by Gasteiger charge is 2.59. The average Bonchev–Trinajstić information content (AvgIpc) is 2.23. The van der Waals surface area contributed by atoms with Gasteiger partial charge in [-0.05, 0) is 55.8 Å². The second kappa shape index (κ2) is 3.16. The molecule has 4 fully saturated rings. The van der Waals surface area contributed by atoms with Crippen molar-refractivity contribution in [2.24, 2.45) is 23.7 Å². The first-order valence-corrected chi connectivity index (χ1v) is 6.40. The highest BCUT2D eigenvalue weighted by molar-refractivity contribution is 7.82. The number of thiol groups is 1. The summed E-state index contributed by atoms with van der Waals surface area (Å²) >= 11 is 4.73. The van der Waals surface area contributed by atoms with Crippen molar-refractivity contribution < 1.29 is 9.53 Å². The fourth-order valence-electron chi connectivity index (χ4n) is 4.40. The van der Waals surface area contributed by atoms with Gasteiger partial charge >= 0.3 is 5.97 Å². The van der Waals surface area contributed by atoms with E-state index in [9.17, 15) is 4.79 Å². The molecule has 4 saturated carbocycles. The minimum absolute atomic E-state index is 0.0837. The van der Waals surface area contributed by atoms with Crippen LogP contribution in [0.15, 0.2) is 0 Å². The molecule has 0 aromatic heterocycles. The number of hydrogen-bond donors (Lipinski definition) is 1. The highest BCUT2D eigenvalue weighted by atomic mass is 32.1. The largest absolute Gasteiger partial charge is 0.468 e. The number of ether oxygens (including phenoxy) is 1. The zero-order valence-corrected chi connectivity index (χ0v) is 10.0. The Morgan fingerprint density at radius 2 is 1.60 bits per heavy atom. The lowest BCUT2D eigenvalue weighted by atomic mass is 9.51. The molecule has 2 nitrogen and oxygen atoms in total. The van der Waals surface area contributed by atoms with Crippen molar-refractivity contribution in [3.63, 3.8) is 0 Å². The van der Waals surface area contributed by atoms with Crippen LogP contribution in [0.25, 0.3) is 0 Å². The van der Waals surface area contributed by atoms with Crippen LogP contribution in [0.3, 0.4) is 0 Å². The van der Waals surface area contributed by atoms with Crippen LogP contribution in [-0.2, 0) is 9.53 Å². The molecule has 3 heteroatoms. The number of esters is 1. The number of carbonyl (C=O) groups is 1. The predicted octanol–water partition coefficient (Wildman–Crippen LogP) is 2.28. The summed E-state index contributed by atoms with van der Waals surface area (Å²) in [5.41, 5.74) is 0. The van der Waals surface area contributed by atoms with Gasteiger partial charge in [-0.15, -0.1) is 0 Å². The van der Waals surface area contributed by atoms with Gasteiger partial charge in [-0.3, -0.25) is 4.79 Å². The number of hydrogen-bond acceptors (Lipinski definition) is 3. The van der Waals surface area contributed by atoms with Gasteiger partial charge in [-0.25, -0.2) is 0 Å². The Bertz CT molecular complexity index is 272. The lowest BCUT2D eigenvalue weighted by Gasteiger charge is -2.57. The van der Waals surface area contributed by atoms with Gasteiger partial charge in [0.2, 0.25) is 0 Å². The van der Waals surface area contributed by atoms with Gasteiger partial charge in [-0.1, -0.05) is 0 Å². The van der Waals surface area contributed by atoms with E-state index >= 15 is 0 Å². The molecule has 15 heavy (non-hydrogen) atoms. The fourth-order valence-corrected chi connectivity index (χ4v) is 4.91. The van der Waals surface area contributed by atoms with Gasteiger partial charge < -0.3 is 4.74 Å². The molecule has 4 aliphatic carbocycles. The summed E-state index contributed by atoms with van der Waals surface area (Å²) in [6.07, 6.45) is 6.20. The molecule has 0 aromatic rings. The predicted molar refractivity (Wildman–Crippen MR) is 60.8 cm³/mol. The summed E-state index contributed by atoms with van der Waals surface area (Å²) in [6.45, 7) is 0. The van der Waals surface area contributed by atoms with E-state index in [4.69, 9.17) is 17.4 Å². The molecular formula is C12H18O2S. The third-order valence-electron chi connectivity index (χ3n) is 4.90. The minimum atomic E-state index is -0.456. The van der Waals surface area contributed by atoms with Crippen molar-refractivity contribution in [1.29, 1.82) is 0 Å². The quantitative estimate of drug-likeness (QED) is 0.548. The van der Waals surface area contributed by atoms with E-state index in [2.05, 4.69) is 0 Å². The SMILES string of the molecule is COC(=O)C1(S)C2CC3CC(C2)CC1C3. The van der Waals surface area contributed by atoms with Gasteiger partial charge in [0.15, 0.2) is 0 Å². The smallest absolute Gasteiger partial charge is 0.322 e. The third-order valence-corrected chi connectivity index (χ3v) is 5.81. The number of carbonyl (C=O) groups excluding carboxylic acids is 1. The summed E-state index contributed by atoms with van der Waals surface area (Å²) < 4.78 is 4.51. The minimum Gasteiger partial charge on any atom is -0.468 e. The molecule has 4 aliphatic rings. The zero-order valence-electron chi connectivity index (χ0n) is 9.11. The first kappa shape index (κ1) is 10.0. The maximum Gasteiger partial charge on any atom is 0.322 e. The molecule has 0 heterocycles. The molecule has 4 bridgehead atoms. The molecule has 0 unspecified atom stereocenters. The van der Waals surface area contributed by atoms with Gasteiger partial charge in [0, 0.05) is 0 Å². The fraction of sp³-hybridized carbons (Fsp3) is 0.917.